The molecule has 1 aromatic carbocycles. The van der Waals surface area contributed by atoms with Crippen molar-refractivity contribution in [3.05, 3.63) is 29.8 Å². The van der Waals surface area contributed by atoms with Crippen molar-refractivity contribution in [2.24, 2.45) is 10.9 Å². The highest BCUT2D eigenvalue weighted by Crippen LogP contribution is 2.26. The molecule has 0 bridgehead atoms. The van der Waals surface area contributed by atoms with Crippen LogP contribution in [0.1, 0.15) is 45.1 Å². The molecule has 0 spiro atoms. The zero-order chi connectivity index (χ0) is 19.6. The Hall–Kier alpha value is -2.24. The van der Waals surface area contributed by atoms with E-state index in [9.17, 15) is 4.79 Å². The van der Waals surface area contributed by atoms with Crippen LogP contribution in [0.3, 0.4) is 0 Å². The van der Waals surface area contributed by atoms with Gasteiger partial charge in [-0.05, 0) is 38.3 Å². The van der Waals surface area contributed by atoms with Crippen LogP contribution >= 0.6 is 0 Å². The molecule has 6 heteroatoms. The van der Waals surface area contributed by atoms with Crippen molar-refractivity contribution in [2.75, 3.05) is 39.9 Å². The number of likely N-dealkylation sites (tertiary alicyclic amines) is 1. The first-order valence-corrected chi connectivity index (χ1v) is 9.93. The van der Waals surface area contributed by atoms with Gasteiger partial charge in [-0.3, -0.25) is 9.79 Å². The van der Waals surface area contributed by atoms with E-state index in [1.165, 1.54) is 0 Å². The molecule has 1 heterocycles. The Morgan fingerprint density at radius 2 is 2.15 bits per heavy atom. The molecule has 150 valence electrons. The molecule has 1 fully saturated rings. The van der Waals surface area contributed by atoms with E-state index in [-0.39, 0.29) is 17.8 Å². The van der Waals surface area contributed by atoms with Crippen LogP contribution in [0, 0.1) is 5.92 Å². The molecular weight excluding hydrogens is 342 g/mol. The van der Waals surface area contributed by atoms with Gasteiger partial charge in [0.15, 0.2) is 5.96 Å². The van der Waals surface area contributed by atoms with Gasteiger partial charge in [-0.15, -0.1) is 0 Å². The van der Waals surface area contributed by atoms with Gasteiger partial charge >= 0.3 is 5.97 Å². The number of carbonyl (C=O) groups is 1. The number of hydrogen-bond donors (Lipinski definition) is 1. The van der Waals surface area contributed by atoms with Crippen LogP contribution in [-0.2, 0) is 9.53 Å². The summed E-state index contributed by atoms with van der Waals surface area (Å²) in [5, 5.41) is 3.37. The molecule has 1 saturated heterocycles. The van der Waals surface area contributed by atoms with Crippen molar-refractivity contribution in [1.29, 1.82) is 0 Å². The first kappa shape index (κ1) is 21.1. The van der Waals surface area contributed by atoms with E-state index >= 15 is 0 Å². The number of esters is 1. The van der Waals surface area contributed by atoms with E-state index < -0.39 is 0 Å². The van der Waals surface area contributed by atoms with Crippen molar-refractivity contribution < 1.29 is 14.3 Å². The molecular formula is C21H33N3O3. The number of piperidine rings is 1. The molecule has 1 N–H and O–H groups in total. The fourth-order valence-electron chi connectivity index (χ4n) is 3.44. The predicted octanol–water partition coefficient (Wildman–Crippen LogP) is 3.04. The minimum absolute atomic E-state index is 0.0748. The van der Waals surface area contributed by atoms with Crippen molar-refractivity contribution in [1.82, 2.24) is 10.2 Å². The second kappa shape index (κ2) is 10.8. The minimum atomic E-state index is -0.0968. The highest BCUT2D eigenvalue weighted by molar-refractivity contribution is 5.81. The summed E-state index contributed by atoms with van der Waals surface area (Å²) in [5.41, 5.74) is 1.16. The fraction of sp³-hybridized carbons (Fsp3) is 0.619. The monoisotopic (exact) mass is 375 g/mol. The normalized spacial score (nSPS) is 18.7. The first-order valence-electron chi connectivity index (χ1n) is 9.93. The van der Waals surface area contributed by atoms with Gasteiger partial charge in [-0.2, -0.15) is 0 Å². The Bertz CT molecular complexity index is 633. The lowest BCUT2D eigenvalue weighted by atomic mass is 9.98. The number of carbonyl (C=O) groups excluding carboxylic acids is 1. The summed E-state index contributed by atoms with van der Waals surface area (Å²) in [6.07, 6.45) is 1.85. The standard InChI is InChI=1S/C21H33N3O3/c1-5-22-21(24-13-9-10-17(15-24)20(25)27-6-2)23-14-16(3)18-11-7-8-12-19(18)26-4/h7-8,11-12,16-17H,5-6,9-10,13-15H2,1-4H3,(H,22,23). The molecule has 0 aliphatic carbocycles. The second-order valence-corrected chi connectivity index (χ2v) is 6.87. The SMILES string of the molecule is CCNC(=NCC(C)c1ccccc1OC)N1CCCC(C(=O)OCC)C1. The first-order chi connectivity index (χ1) is 13.1. The summed E-state index contributed by atoms with van der Waals surface area (Å²) in [6, 6.07) is 8.07. The number of nitrogens with one attached hydrogen (secondary N) is 1. The van der Waals surface area contributed by atoms with E-state index in [0.717, 1.165) is 43.2 Å². The molecule has 1 aliphatic rings. The van der Waals surface area contributed by atoms with E-state index in [2.05, 4.69) is 30.1 Å². The summed E-state index contributed by atoms with van der Waals surface area (Å²) >= 11 is 0. The van der Waals surface area contributed by atoms with E-state index in [0.29, 0.717) is 19.7 Å². The van der Waals surface area contributed by atoms with Gasteiger partial charge in [0, 0.05) is 32.1 Å². The van der Waals surface area contributed by atoms with Gasteiger partial charge in [0.05, 0.1) is 19.6 Å². The number of rotatable bonds is 7. The minimum Gasteiger partial charge on any atom is -0.496 e. The van der Waals surface area contributed by atoms with Crippen LogP contribution in [0.4, 0.5) is 0 Å². The lowest BCUT2D eigenvalue weighted by Gasteiger charge is -2.34. The Balaban J connectivity index is 2.07. The van der Waals surface area contributed by atoms with Crippen LogP contribution in [0.5, 0.6) is 5.75 Å². The molecule has 27 heavy (non-hydrogen) atoms. The Labute approximate surface area is 162 Å². The molecule has 2 atom stereocenters. The lowest BCUT2D eigenvalue weighted by molar-refractivity contribution is -0.149. The van der Waals surface area contributed by atoms with Gasteiger partial charge in [-0.1, -0.05) is 25.1 Å². The second-order valence-electron chi connectivity index (χ2n) is 6.87. The Kier molecular flexibility index (Phi) is 8.43. The van der Waals surface area contributed by atoms with E-state index in [4.69, 9.17) is 14.5 Å². The van der Waals surface area contributed by atoms with Crippen molar-refractivity contribution in [2.45, 2.75) is 39.5 Å². The number of guanidine groups is 1. The largest absolute Gasteiger partial charge is 0.496 e. The zero-order valence-electron chi connectivity index (χ0n) is 17.0. The third-order valence-electron chi connectivity index (χ3n) is 4.86. The Morgan fingerprint density at radius 3 is 2.85 bits per heavy atom. The molecule has 1 aromatic rings. The maximum Gasteiger partial charge on any atom is 0.310 e. The molecule has 0 aromatic heterocycles. The summed E-state index contributed by atoms with van der Waals surface area (Å²) in [6.45, 7) is 9.52. The number of benzene rings is 1. The van der Waals surface area contributed by atoms with Crippen LogP contribution in [0.15, 0.2) is 29.3 Å². The van der Waals surface area contributed by atoms with Gasteiger partial charge < -0.3 is 19.7 Å². The zero-order valence-corrected chi connectivity index (χ0v) is 17.0. The molecule has 0 radical (unpaired) electrons. The summed E-state index contributed by atoms with van der Waals surface area (Å²) < 4.78 is 10.7. The van der Waals surface area contributed by atoms with Crippen LogP contribution in [0.25, 0.3) is 0 Å². The van der Waals surface area contributed by atoms with Crippen molar-refractivity contribution in [3.8, 4) is 5.75 Å². The highest BCUT2D eigenvalue weighted by atomic mass is 16.5. The predicted molar refractivity (Wildman–Crippen MR) is 108 cm³/mol. The number of methoxy groups -OCH3 is 1. The summed E-state index contributed by atoms with van der Waals surface area (Å²) in [4.78, 5) is 19.2. The molecule has 0 amide bonds. The molecule has 2 unspecified atom stereocenters. The topological polar surface area (TPSA) is 63.2 Å². The molecule has 0 saturated carbocycles. The van der Waals surface area contributed by atoms with Gasteiger partial charge in [0.1, 0.15) is 5.75 Å². The number of aliphatic imine (C=N–C) groups is 1. The van der Waals surface area contributed by atoms with E-state index in [1.54, 1.807) is 7.11 Å². The average Bonchev–Trinajstić information content (AvgIpc) is 2.71. The molecule has 2 rings (SSSR count). The number of ether oxygens (including phenoxy) is 2. The van der Waals surface area contributed by atoms with Gasteiger partial charge in [-0.25, -0.2) is 0 Å². The van der Waals surface area contributed by atoms with Crippen LogP contribution in [0.2, 0.25) is 0 Å². The van der Waals surface area contributed by atoms with Crippen molar-refractivity contribution in [3.63, 3.8) is 0 Å². The van der Waals surface area contributed by atoms with E-state index in [1.807, 2.05) is 25.1 Å². The third-order valence-corrected chi connectivity index (χ3v) is 4.86. The molecule has 1 aliphatic heterocycles. The maximum absolute atomic E-state index is 12.1. The number of hydrogen-bond acceptors (Lipinski definition) is 4. The maximum atomic E-state index is 12.1. The quantitative estimate of drug-likeness (QED) is 0.451. The van der Waals surface area contributed by atoms with Crippen LogP contribution in [-0.4, -0.2) is 56.7 Å². The highest BCUT2D eigenvalue weighted by Gasteiger charge is 2.28. The number of nitrogens with zero attached hydrogens (tertiary/aromatic N) is 2. The fourth-order valence-corrected chi connectivity index (χ4v) is 3.44. The van der Waals surface area contributed by atoms with Crippen LogP contribution < -0.4 is 10.1 Å². The summed E-state index contributed by atoms with van der Waals surface area (Å²) in [7, 11) is 1.70. The van der Waals surface area contributed by atoms with Crippen molar-refractivity contribution >= 4 is 11.9 Å². The van der Waals surface area contributed by atoms with Gasteiger partial charge in [0.25, 0.3) is 0 Å². The van der Waals surface area contributed by atoms with Gasteiger partial charge in [0.2, 0.25) is 0 Å². The average molecular weight is 376 g/mol. The number of para-hydroxylation sites is 1. The molecule has 6 nitrogen and oxygen atoms in total. The summed E-state index contributed by atoms with van der Waals surface area (Å²) in [5.74, 6) is 1.83. The lowest BCUT2D eigenvalue weighted by Crippen LogP contribution is -2.48. The Morgan fingerprint density at radius 1 is 1.37 bits per heavy atom. The smallest absolute Gasteiger partial charge is 0.310 e. The third kappa shape index (κ3) is 5.88.